The minimum atomic E-state index is -0.840. The van der Waals surface area contributed by atoms with Gasteiger partial charge in [0, 0.05) is 0 Å². The Bertz CT molecular complexity index is 367. The van der Waals surface area contributed by atoms with Crippen molar-refractivity contribution in [1.29, 1.82) is 0 Å². The Morgan fingerprint density at radius 3 is 2.56 bits per heavy atom. The van der Waals surface area contributed by atoms with Crippen molar-refractivity contribution in [3.63, 3.8) is 0 Å². The molecule has 0 spiro atoms. The number of rotatable bonds is 5. The highest BCUT2D eigenvalue weighted by molar-refractivity contribution is 5.87. The summed E-state index contributed by atoms with van der Waals surface area (Å²) in [6.45, 7) is 6.44. The molecular weight excluding hydrogens is 200 g/mol. The summed E-state index contributed by atoms with van der Waals surface area (Å²) in [6.07, 6.45) is 3.22. The van der Waals surface area contributed by atoms with Gasteiger partial charge < -0.3 is 5.11 Å². The molecule has 1 aromatic carbocycles. The van der Waals surface area contributed by atoms with Crippen LogP contribution in [0, 0.1) is 0 Å². The topological polar surface area (TPSA) is 37.3 Å². The molecule has 1 rings (SSSR count). The first kappa shape index (κ1) is 12.8. The van der Waals surface area contributed by atoms with Crippen LogP contribution in [0.25, 0.3) is 0 Å². The normalized spacial score (nSPS) is 10.8. The fourth-order valence-electron chi connectivity index (χ4n) is 1.89. The van der Waals surface area contributed by atoms with Gasteiger partial charge in [0.1, 0.15) is 0 Å². The number of hydrogen-bond donors (Lipinski definition) is 1. The molecule has 0 bridgehead atoms. The van der Waals surface area contributed by atoms with Crippen molar-refractivity contribution in [2.75, 3.05) is 0 Å². The number of hydrogen-bond acceptors (Lipinski definition) is 1. The van der Waals surface area contributed by atoms with E-state index in [1.54, 1.807) is 6.07 Å². The molecular formula is C14H20O2. The second-order valence-electron chi connectivity index (χ2n) is 4.48. The molecule has 0 radical (unpaired) electrons. The Morgan fingerprint density at radius 1 is 1.38 bits per heavy atom. The van der Waals surface area contributed by atoms with Crippen LogP contribution in [-0.4, -0.2) is 11.1 Å². The van der Waals surface area contributed by atoms with Gasteiger partial charge in [-0.1, -0.05) is 33.3 Å². The summed E-state index contributed by atoms with van der Waals surface area (Å²) in [5.74, 6) is -0.386. The van der Waals surface area contributed by atoms with Crippen LogP contribution in [-0.2, 0) is 6.42 Å². The van der Waals surface area contributed by atoms with E-state index in [2.05, 4.69) is 20.8 Å². The standard InChI is InChI=1S/C14H20O2/c1-4-5-6-11-9-12(14(15)16)7-8-13(11)10(2)3/h7-10H,4-6H2,1-3H3,(H,15,16). The van der Waals surface area contributed by atoms with Crippen LogP contribution in [0.15, 0.2) is 18.2 Å². The number of aryl methyl sites for hydroxylation is 1. The smallest absolute Gasteiger partial charge is 0.335 e. The maximum absolute atomic E-state index is 10.9. The molecule has 0 saturated heterocycles. The van der Waals surface area contributed by atoms with Crippen molar-refractivity contribution in [2.45, 2.75) is 46.0 Å². The van der Waals surface area contributed by atoms with E-state index in [-0.39, 0.29) is 0 Å². The van der Waals surface area contributed by atoms with Crippen molar-refractivity contribution in [2.24, 2.45) is 0 Å². The molecule has 2 heteroatoms. The van der Waals surface area contributed by atoms with Gasteiger partial charge in [-0.3, -0.25) is 0 Å². The van der Waals surface area contributed by atoms with Crippen molar-refractivity contribution in [1.82, 2.24) is 0 Å². The molecule has 1 aromatic rings. The number of carboxylic acids is 1. The number of benzene rings is 1. The quantitative estimate of drug-likeness (QED) is 0.818. The lowest BCUT2D eigenvalue weighted by Gasteiger charge is -2.13. The molecule has 0 unspecified atom stereocenters. The van der Waals surface area contributed by atoms with Gasteiger partial charge in [-0.05, 0) is 42.0 Å². The summed E-state index contributed by atoms with van der Waals surface area (Å²) in [5, 5.41) is 8.96. The van der Waals surface area contributed by atoms with Crippen LogP contribution in [0.1, 0.15) is 61.0 Å². The molecule has 0 amide bonds. The van der Waals surface area contributed by atoms with E-state index in [1.807, 2.05) is 12.1 Å². The Morgan fingerprint density at radius 2 is 2.06 bits per heavy atom. The molecule has 0 fully saturated rings. The highest BCUT2D eigenvalue weighted by Crippen LogP contribution is 2.22. The Hall–Kier alpha value is -1.31. The molecule has 2 nitrogen and oxygen atoms in total. The average molecular weight is 220 g/mol. The number of carboxylic acid groups (broad SMARTS) is 1. The minimum absolute atomic E-state index is 0.399. The van der Waals surface area contributed by atoms with E-state index >= 15 is 0 Å². The van der Waals surface area contributed by atoms with Gasteiger partial charge in [-0.25, -0.2) is 4.79 Å². The van der Waals surface area contributed by atoms with Gasteiger partial charge in [-0.15, -0.1) is 0 Å². The van der Waals surface area contributed by atoms with E-state index in [0.29, 0.717) is 11.5 Å². The number of unbranched alkanes of at least 4 members (excludes halogenated alkanes) is 1. The lowest BCUT2D eigenvalue weighted by atomic mass is 9.92. The van der Waals surface area contributed by atoms with Gasteiger partial charge in [0.25, 0.3) is 0 Å². The van der Waals surface area contributed by atoms with Crippen LogP contribution in [0.3, 0.4) is 0 Å². The molecule has 88 valence electrons. The zero-order chi connectivity index (χ0) is 12.1. The van der Waals surface area contributed by atoms with E-state index in [4.69, 9.17) is 5.11 Å². The molecule has 0 heterocycles. The first-order valence-electron chi connectivity index (χ1n) is 5.92. The summed E-state index contributed by atoms with van der Waals surface area (Å²) in [4.78, 5) is 10.9. The third kappa shape index (κ3) is 3.09. The fourth-order valence-corrected chi connectivity index (χ4v) is 1.89. The summed E-state index contributed by atoms with van der Waals surface area (Å²) < 4.78 is 0. The lowest BCUT2D eigenvalue weighted by molar-refractivity contribution is 0.0696. The monoisotopic (exact) mass is 220 g/mol. The van der Waals surface area contributed by atoms with Crippen LogP contribution in [0.5, 0.6) is 0 Å². The maximum Gasteiger partial charge on any atom is 0.335 e. The molecule has 1 N–H and O–H groups in total. The predicted molar refractivity (Wildman–Crippen MR) is 66.1 cm³/mol. The molecule has 0 aliphatic heterocycles. The van der Waals surface area contributed by atoms with Gasteiger partial charge in [0.05, 0.1) is 5.56 Å². The van der Waals surface area contributed by atoms with E-state index < -0.39 is 5.97 Å². The Kier molecular flexibility index (Phi) is 4.53. The van der Waals surface area contributed by atoms with E-state index in [9.17, 15) is 4.79 Å². The second-order valence-corrected chi connectivity index (χ2v) is 4.48. The van der Waals surface area contributed by atoms with E-state index in [1.165, 1.54) is 11.1 Å². The van der Waals surface area contributed by atoms with Gasteiger partial charge >= 0.3 is 5.97 Å². The van der Waals surface area contributed by atoms with Gasteiger partial charge in [0.15, 0.2) is 0 Å². The number of carbonyl (C=O) groups is 1. The zero-order valence-electron chi connectivity index (χ0n) is 10.3. The minimum Gasteiger partial charge on any atom is -0.478 e. The first-order valence-corrected chi connectivity index (χ1v) is 5.92. The SMILES string of the molecule is CCCCc1cc(C(=O)O)ccc1C(C)C. The van der Waals surface area contributed by atoms with Crippen molar-refractivity contribution >= 4 is 5.97 Å². The summed E-state index contributed by atoms with van der Waals surface area (Å²) >= 11 is 0. The molecule has 0 atom stereocenters. The molecule has 16 heavy (non-hydrogen) atoms. The van der Waals surface area contributed by atoms with E-state index in [0.717, 1.165) is 19.3 Å². The van der Waals surface area contributed by atoms with Crippen molar-refractivity contribution in [3.8, 4) is 0 Å². The first-order chi connectivity index (χ1) is 7.56. The van der Waals surface area contributed by atoms with Crippen molar-refractivity contribution in [3.05, 3.63) is 34.9 Å². The van der Waals surface area contributed by atoms with Crippen molar-refractivity contribution < 1.29 is 9.90 Å². The summed E-state index contributed by atoms with van der Waals surface area (Å²) in [7, 11) is 0. The Labute approximate surface area is 97.3 Å². The average Bonchev–Trinajstić information content (AvgIpc) is 2.25. The zero-order valence-corrected chi connectivity index (χ0v) is 10.3. The molecule has 0 aliphatic rings. The predicted octanol–water partition coefficient (Wildman–Crippen LogP) is 3.85. The second kappa shape index (κ2) is 5.69. The van der Waals surface area contributed by atoms with Crippen LogP contribution in [0.4, 0.5) is 0 Å². The largest absolute Gasteiger partial charge is 0.478 e. The number of aromatic carboxylic acids is 1. The molecule has 0 saturated carbocycles. The molecule has 0 aromatic heterocycles. The third-order valence-electron chi connectivity index (χ3n) is 2.81. The van der Waals surface area contributed by atoms with Crippen LogP contribution < -0.4 is 0 Å². The summed E-state index contributed by atoms with van der Waals surface area (Å²) in [6, 6.07) is 5.49. The third-order valence-corrected chi connectivity index (χ3v) is 2.81. The molecule has 0 aliphatic carbocycles. The van der Waals surface area contributed by atoms with Crippen LogP contribution >= 0.6 is 0 Å². The lowest BCUT2D eigenvalue weighted by Crippen LogP contribution is -2.02. The van der Waals surface area contributed by atoms with Gasteiger partial charge in [0.2, 0.25) is 0 Å². The summed E-state index contributed by atoms with van der Waals surface area (Å²) in [5.41, 5.74) is 2.87. The fraction of sp³-hybridized carbons (Fsp3) is 0.500. The van der Waals surface area contributed by atoms with Gasteiger partial charge in [-0.2, -0.15) is 0 Å². The Balaban J connectivity index is 3.05. The van der Waals surface area contributed by atoms with Crippen LogP contribution in [0.2, 0.25) is 0 Å². The maximum atomic E-state index is 10.9. The highest BCUT2D eigenvalue weighted by atomic mass is 16.4. The highest BCUT2D eigenvalue weighted by Gasteiger charge is 2.10.